The van der Waals surface area contributed by atoms with Gasteiger partial charge in [0, 0.05) is 44.0 Å². The molecule has 1 aromatic heterocycles. The van der Waals surface area contributed by atoms with Crippen LogP contribution in [0.1, 0.15) is 24.4 Å². The molecular weight excluding hydrogens is 300 g/mol. The smallest absolute Gasteiger partial charge is 0.217 e. The Bertz CT molecular complexity index is 398. The Hall–Kier alpha value is -0.680. The normalized spacial score (nSPS) is 16.6. The van der Waals surface area contributed by atoms with Gasteiger partial charge in [0.15, 0.2) is 0 Å². The van der Waals surface area contributed by atoms with Crippen molar-refractivity contribution in [3.8, 4) is 0 Å². The monoisotopic (exact) mass is 321 g/mol. The highest BCUT2D eigenvalue weighted by molar-refractivity contribution is 5.85. The van der Waals surface area contributed by atoms with Crippen LogP contribution in [0.4, 0.5) is 4.39 Å². The Morgan fingerprint density at radius 1 is 1.40 bits per heavy atom. The van der Waals surface area contributed by atoms with Gasteiger partial charge in [-0.15, -0.1) is 31.4 Å². The molecule has 1 aromatic rings. The highest BCUT2D eigenvalue weighted by Gasteiger charge is 2.24. The average Bonchev–Trinajstić information content (AvgIpc) is 2.42. The summed E-state index contributed by atoms with van der Waals surface area (Å²) >= 11 is 0. The topological polar surface area (TPSA) is 28.2 Å². The van der Waals surface area contributed by atoms with E-state index in [0.29, 0.717) is 5.56 Å². The minimum Gasteiger partial charge on any atom is -0.314 e. The minimum absolute atomic E-state index is 0. The molecule has 1 saturated heterocycles. The first-order chi connectivity index (χ1) is 8.83. The van der Waals surface area contributed by atoms with E-state index >= 15 is 0 Å². The van der Waals surface area contributed by atoms with E-state index in [1.165, 1.54) is 6.20 Å². The molecule has 0 spiro atoms. The van der Waals surface area contributed by atoms with E-state index in [1.54, 1.807) is 0 Å². The summed E-state index contributed by atoms with van der Waals surface area (Å²) in [5.41, 5.74) is 0.709. The molecule has 2 rings (SSSR count). The lowest BCUT2D eigenvalue weighted by molar-refractivity contribution is 0.162. The van der Waals surface area contributed by atoms with Crippen molar-refractivity contribution >= 4 is 24.8 Å². The summed E-state index contributed by atoms with van der Waals surface area (Å²) in [5.74, 6) is -0.343. The third-order valence-corrected chi connectivity index (χ3v) is 3.38. The zero-order valence-corrected chi connectivity index (χ0v) is 13.1. The van der Waals surface area contributed by atoms with Crippen LogP contribution in [0.5, 0.6) is 0 Å². The maximum atomic E-state index is 13.8. The Morgan fingerprint density at radius 3 is 2.70 bits per heavy atom. The van der Waals surface area contributed by atoms with Crippen molar-refractivity contribution in [1.29, 1.82) is 0 Å². The van der Waals surface area contributed by atoms with Crippen molar-refractivity contribution in [2.24, 2.45) is 0 Å². The molecule has 114 valence electrons. The van der Waals surface area contributed by atoms with E-state index < -0.39 is 0 Å². The van der Waals surface area contributed by atoms with Crippen molar-refractivity contribution in [3.05, 3.63) is 42.5 Å². The molecule has 0 saturated carbocycles. The van der Waals surface area contributed by atoms with Gasteiger partial charge >= 0.3 is 0 Å². The van der Waals surface area contributed by atoms with Crippen LogP contribution in [0.3, 0.4) is 0 Å². The molecule has 0 radical (unpaired) electrons. The lowest BCUT2D eigenvalue weighted by Gasteiger charge is -2.35. The second kappa shape index (κ2) is 10.1. The standard InChI is InChI=1S/C14H20FN3.2ClH/c1-2-3-6-13(18-10-8-16-9-11-18)12-5-4-7-17-14(12)15;;/h2,4-5,7,13,16H,1,3,6,8-11H2;2*1H/t13-;;/m0../s1. The predicted molar refractivity (Wildman–Crippen MR) is 85.3 cm³/mol. The van der Waals surface area contributed by atoms with E-state index in [-0.39, 0.29) is 36.8 Å². The number of halogens is 3. The number of nitrogens with zero attached hydrogens (tertiary/aromatic N) is 2. The number of hydrogen-bond acceptors (Lipinski definition) is 3. The summed E-state index contributed by atoms with van der Waals surface area (Å²) in [7, 11) is 0. The fourth-order valence-electron chi connectivity index (χ4n) is 2.45. The van der Waals surface area contributed by atoms with Gasteiger partial charge in [-0.2, -0.15) is 4.39 Å². The summed E-state index contributed by atoms with van der Waals surface area (Å²) in [5, 5.41) is 3.32. The summed E-state index contributed by atoms with van der Waals surface area (Å²) in [6.07, 6.45) is 5.18. The zero-order valence-electron chi connectivity index (χ0n) is 11.4. The lowest BCUT2D eigenvalue weighted by Crippen LogP contribution is -2.45. The highest BCUT2D eigenvalue weighted by atomic mass is 35.5. The molecule has 0 aromatic carbocycles. The second-order valence-electron chi connectivity index (χ2n) is 4.55. The van der Waals surface area contributed by atoms with Crippen LogP contribution in [0.25, 0.3) is 0 Å². The summed E-state index contributed by atoms with van der Waals surface area (Å²) in [6, 6.07) is 3.76. The second-order valence-corrected chi connectivity index (χ2v) is 4.55. The molecule has 1 aliphatic rings. The maximum Gasteiger partial charge on any atom is 0.217 e. The van der Waals surface area contributed by atoms with E-state index in [0.717, 1.165) is 39.0 Å². The van der Waals surface area contributed by atoms with Crippen molar-refractivity contribution < 1.29 is 4.39 Å². The third-order valence-electron chi connectivity index (χ3n) is 3.38. The van der Waals surface area contributed by atoms with Crippen molar-refractivity contribution in [2.45, 2.75) is 18.9 Å². The van der Waals surface area contributed by atoms with Crippen molar-refractivity contribution in [1.82, 2.24) is 15.2 Å². The van der Waals surface area contributed by atoms with Crippen LogP contribution in [-0.2, 0) is 0 Å². The number of nitrogens with one attached hydrogen (secondary N) is 1. The first-order valence-corrected chi connectivity index (χ1v) is 6.49. The number of aromatic nitrogens is 1. The summed E-state index contributed by atoms with van der Waals surface area (Å²) in [6.45, 7) is 7.59. The third kappa shape index (κ3) is 5.02. The van der Waals surface area contributed by atoms with Crippen LogP contribution in [0.2, 0.25) is 0 Å². The van der Waals surface area contributed by atoms with Gasteiger partial charge in [0.25, 0.3) is 0 Å². The number of piperazine rings is 1. The molecule has 0 aliphatic carbocycles. The Balaban J connectivity index is 0.00000180. The minimum atomic E-state index is -0.343. The van der Waals surface area contributed by atoms with Crippen molar-refractivity contribution in [2.75, 3.05) is 26.2 Å². The molecule has 1 fully saturated rings. The van der Waals surface area contributed by atoms with Crippen LogP contribution in [-0.4, -0.2) is 36.1 Å². The van der Waals surface area contributed by atoms with Gasteiger partial charge in [0.2, 0.25) is 5.95 Å². The molecule has 6 heteroatoms. The quantitative estimate of drug-likeness (QED) is 0.667. The molecule has 0 unspecified atom stereocenters. The number of pyridine rings is 1. The van der Waals surface area contributed by atoms with Gasteiger partial charge in [-0.05, 0) is 18.9 Å². The molecule has 1 atom stereocenters. The van der Waals surface area contributed by atoms with Gasteiger partial charge in [0.05, 0.1) is 0 Å². The molecule has 0 bridgehead atoms. The zero-order chi connectivity index (χ0) is 12.8. The van der Waals surface area contributed by atoms with Crippen LogP contribution in [0, 0.1) is 5.95 Å². The fraction of sp³-hybridized carbons (Fsp3) is 0.500. The fourth-order valence-corrected chi connectivity index (χ4v) is 2.45. The van der Waals surface area contributed by atoms with Gasteiger partial charge in [-0.3, -0.25) is 4.90 Å². The summed E-state index contributed by atoms with van der Waals surface area (Å²) < 4.78 is 13.8. The Labute approximate surface area is 132 Å². The van der Waals surface area contributed by atoms with Gasteiger partial charge in [-0.25, -0.2) is 4.98 Å². The van der Waals surface area contributed by atoms with E-state index in [1.807, 2.05) is 18.2 Å². The molecular formula is C14H22Cl2FN3. The van der Waals surface area contributed by atoms with Gasteiger partial charge in [-0.1, -0.05) is 12.1 Å². The Morgan fingerprint density at radius 2 is 2.10 bits per heavy atom. The average molecular weight is 322 g/mol. The Kier molecular flexibility index (Phi) is 9.76. The van der Waals surface area contributed by atoms with Gasteiger partial charge in [0.1, 0.15) is 0 Å². The molecule has 1 aliphatic heterocycles. The first kappa shape index (κ1) is 19.3. The number of allylic oxidation sites excluding steroid dienone is 1. The highest BCUT2D eigenvalue weighted by Crippen LogP contribution is 2.27. The molecule has 2 heterocycles. The van der Waals surface area contributed by atoms with E-state index in [2.05, 4.69) is 21.8 Å². The molecule has 3 nitrogen and oxygen atoms in total. The molecule has 20 heavy (non-hydrogen) atoms. The molecule has 0 amide bonds. The predicted octanol–water partition coefficient (Wildman–Crippen LogP) is 2.98. The van der Waals surface area contributed by atoms with Crippen molar-refractivity contribution in [3.63, 3.8) is 0 Å². The lowest BCUT2D eigenvalue weighted by atomic mass is 10.0. The molecule has 1 N–H and O–H groups in total. The van der Waals surface area contributed by atoms with Gasteiger partial charge < -0.3 is 5.32 Å². The number of rotatable bonds is 5. The first-order valence-electron chi connectivity index (χ1n) is 6.49. The van der Waals surface area contributed by atoms with E-state index in [9.17, 15) is 4.39 Å². The van der Waals surface area contributed by atoms with Crippen LogP contribution in [0.15, 0.2) is 31.0 Å². The maximum absolute atomic E-state index is 13.8. The SMILES string of the molecule is C=CCC[C@@H](c1cccnc1F)N1CCNCC1.Cl.Cl. The largest absolute Gasteiger partial charge is 0.314 e. The summed E-state index contributed by atoms with van der Waals surface area (Å²) in [4.78, 5) is 6.10. The van der Waals surface area contributed by atoms with E-state index in [4.69, 9.17) is 0 Å². The number of hydrogen-bond donors (Lipinski definition) is 1. The van der Waals surface area contributed by atoms with Crippen LogP contribution >= 0.6 is 24.8 Å². The van der Waals surface area contributed by atoms with Crippen LogP contribution < -0.4 is 5.32 Å².